The average Bonchev–Trinajstić information content (AvgIpc) is 2.88. The molecule has 0 aromatic carbocycles. The first kappa shape index (κ1) is 13.5. The minimum atomic E-state index is 0.204. The summed E-state index contributed by atoms with van der Waals surface area (Å²) in [5.41, 5.74) is 0. The van der Waals surface area contributed by atoms with E-state index < -0.39 is 0 Å². The molecule has 0 radical (unpaired) electrons. The molecule has 1 atom stereocenters. The number of aromatic nitrogens is 2. The second kappa shape index (κ2) is 6.82. The quantitative estimate of drug-likeness (QED) is 0.751. The van der Waals surface area contributed by atoms with Crippen LogP contribution < -0.4 is 5.32 Å². The molecule has 6 heteroatoms. The minimum Gasteiger partial charge on any atom is -0.385 e. The highest BCUT2D eigenvalue weighted by atomic mass is 16.5. The fourth-order valence-corrected chi connectivity index (χ4v) is 2.14. The highest BCUT2D eigenvalue weighted by Crippen LogP contribution is 2.18. The summed E-state index contributed by atoms with van der Waals surface area (Å²) in [5.74, 6) is 1.51. The van der Waals surface area contributed by atoms with Crippen molar-refractivity contribution >= 4 is 0 Å². The second-order valence-corrected chi connectivity index (χ2v) is 4.61. The highest BCUT2D eigenvalue weighted by Gasteiger charge is 2.22. The van der Waals surface area contributed by atoms with E-state index >= 15 is 0 Å². The summed E-state index contributed by atoms with van der Waals surface area (Å²) >= 11 is 0. The molecule has 1 aromatic rings. The van der Waals surface area contributed by atoms with Gasteiger partial charge in [0.25, 0.3) is 0 Å². The summed E-state index contributed by atoms with van der Waals surface area (Å²) in [6.45, 7) is 6.97. The molecule has 1 aliphatic rings. The normalized spacial score (nSPS) is 19.0. The number of ether oxygens (including phenoxy) is 1. The maximum Gasteiger partial charge on any atom is 0.243 e. The molecule has 6 nitrogen and oxygen atoms in total. The number of rotatable bonds is 6. The largest absolute Gasteiger partial charge is 0.385 e. The van der Waals surface area contributed by atoms with Crippen LogP contribution in [0, 0.1) is 0 Å². The van der Waals surface area contributed by atoms with Crippen LogP contribution in [0.5, 0.6) is 0 Å². The predicted molar refractivity (Wildman–Crippen MR) is 67.4 cm³/mol. The SMILES string of the molecule is COCCCc1noc(C(C)N2CCNCC2)n1. The van der Waals surface area contributed by atoms with Crippen molar-refractivity contribution in [2.45, 2.75) is 25.8 Å². The van der Waals surface area contributed by atoms with Crippen molar-refractivity contribution in [2.24, 2.45) is 0 Å². The van der Waals surface area contributed by atoms with Crippen molar-refractivity contribution in [2.75, 3.05) is 39.9 Å². The van der Waals surface area contributed by atoms with Crippen molar-refractivity contribution in [1.29, 1.82) is 0 Å². The van der Waals surface area contributed by atoms with Gasteiger partial charge in [0.15, 0.2) is 5.82 Å². The van der Waals surface area contributed by atoms with E-state index in [1.165, 1.54) is 0 Å². The first-order valence-corrected chi connectivity index (χ1v) is 6.57. The van der Waals surface area contributed by atoms with Crippen molar-refractivity contribution < 1.29 is 9.26 Å². The summed E-state index contributed by atoms with van der Waals surface area (Å²) in [6.07, 6.45) is 1.74. The first-order chi connectivity index (χ1) is 8.81. The number of hydrogen-bond donors (Lipinski definition) is 1. The number of aryl methyl sites for hydroxylation is 1. The van der Waals surface area contributed by atoms with Gasteiger partial charge in [0, 0.05) is 46.3 Å². The fraction of sp³-hybridized carbons (Fsp3) is 0.833. The number of piperazine rings is 1. The third-order valence-corrected chi connectivity index (χ3v) is 3.29. The Kier molecular flexibility index (Phi) is 5.10. The zero-order valence-corrected chi connectivity index (χ0v) is 11.2. The fourth-order valence-electron chi connectivity index (χ4n) is 2.14. The molecule has 0 spiro atoms. The lowest BCUT2D eigenvalue weighted by atomic mass is 10.2. The van der Waals surface area contributed by atoms with E-state index in [4.69, 9.17) is 9.26 Å². The van der Waals surface area contributed by atoms with E-state index in [9.17, 15) is 0 Å². The Morgan fingerprint density at radius 1 is 1.44 bits per heavy atom. The Balaban J connectivity index is 1.87. The van der Waals surface area contributed by atoms with Gasteiger partial charge in [-0.05, 0) is 13.3 Å². The van der Waals surface area contributed by atoms with Gasteiger partial charge < -0.3 is 14.6 Å². The molecule has 1 unspecified atom stereocenters. The van der Waals surface area contributed by atoms with Gasteiger partial charge >= 0.3 is 0 Å². The van der Waals surface area contributed by atoms with Crippen LogP contribution in [0.3, 0.4) is 0 Å². The summed E-state index contributed by atoms with van der Waals surface area (Å²) < 4.78 is 10.4. The monoisotopic (exact) mass is 254 g/mol. The van der Waals surface area contributed by atoms with Crippen molar-refractivity contribution in [3.8, 4) is 0 Å². The predicted octanol–water partition coefficient (Wildman–Crippen LogP) is 0.615. The molecular weight excluding hydrogens is 232 g/mol. The van der Waals surface area contributed by atoms with Gasteiger partial charge in [-0.3, -0.25) is 4.90 Å². The van der Waals surface area contributed by atoms with Crippen LogP contribution in [0.2, 0.25) is 0 Å². The van der Waals surface area contributed by atoms with Gasteiger partial charge in [-0.15, -0.1) is 0 Å². The molecule has 0 bridgehead atoms. The lowest BCUT2D eigenvalue weighted by Gasteiger charge is -2.30. The zero-order valence-electron chi connectivity index (χ0n) is 11.2. The maximum absolute atomic E-state index is 5.35. The molecule has 1 saturated heterocycles. The van der Waals surface area contributed by atoms with E-state index in [1.54, 1.807) is 7.11 Å². The number of nitrogens with zero attached hydrogens (tertiary/aromatic N) is 3. The summed E-state index contributed by atoms with van der Waals surface area (Å²) in [4.78, 5) is 6.83. The van der Waals surface area contributed by atoms with E-state index in [2.05, 4.69) is 27.3 Å². The smallest absolute Gasteiger partial charge is 0.243 e. The Morgan fingerprint density at radius 3 is 2.94 bits per heavy atom. The molecule has 18 heavy (non-hydrogen) atoms. The Hall–Kier alpha value is -0.980. The van der Waals surface area contributed by atoms with E-state index in [1.807, 2.05) is 0 Å². The van der Waals surface area contributed by atoms with E-state index in [0.29, 0.717) is 0 Å². The number of methoxy groups -OCH3 is 1. The Bertz CT molecular complexity index is 350. The lowest BCUT2D eigenvalue weighted by molar-refractivity contribution is 0.154. The van der Waals surface area contributed by atoms with E-state index in [-0.39, 0.29) is 6.04 Å². The van der Waals surface area contributed by atoms with Crippen LogP contribution in [0.15, 0.2) is 4.52 Å². The van der Waals surface area contributed by atoms with Crippen LogP contribution in [-0.2, 0) is 11.2 Å². The van der Waals surface area contributed by atoms with Crippen molar-refractivity contribution in [1.82, 2.24) is 20.4 Å². The topological polar surface area (TPSA) is 63.4 Å². The number of hydrogen-bond acceptors (Lipinski definition) is 6. The van der Waals surface area contributed by atoms with Crippen molar-refractivity contribution in [3.63, 3.8) is 0 Å². The standard InChI is InChI=1S/C12H22N4O2/c1-10(16-7-5-13-6-8-16)12-14-11(15-18-12)4-3-9-17-2/h10,13H,3-9H2,1-2H3. The first-order valence-electron chi connectivity index (χ1n) is 6.57. The van der Waals surface area contributed by atoms with Gasteiger partial charge in [0.05, 0.1) is 6.04 Å². The minimum absolute atomic E-state index is 0.204. The van der Waals surface area contributed by atoms with Gasteiger partial charge in [0.2, 0.25) is 5.89 Å². The molecule has 1 N–H and O–H groups in total. The van der Waals surface area contributed by atoms with Crippen LogP contribution >= 0.6 is 0 Å². The molecule has 2 rings (SSSR count). The van der Waals surface area contributed by atoms with Gasteiger partial charge in [0.1, 0.15) is 0 Å². The van der Waals surface area contributed by atoms with Crippen LogP contribution in [-0.4, -0.2) is 54.9 Å². The maximum atomic E-state index is 5.35. The summed E-state index contributed by atoms with van der Waals surface area (Å²) in [6, 6.07) is 0.204. The number of nitrogens with one attached hydrogen (secondary N) is 1. The molecule has 0 aliphatic carbocycles. The third kappa shape index (κ3) is 3.51. The molecule has 102 valence electrons. The molecule has 1 aromatic heterocycles. The van der Waals surface area contributed by atoms with Gasteiger partial charge in [-0.1, -0.05) is 5.16 Å². The molecule has 0 amide bonds. The Labute approximate surface area is 108 Å². The molecule has 1 aliphatic heterocycles. The van der Waals surface area contributed by atoms with Gasteiger partial charge in [-0.2, -0.15) is 4.98 Å². The van der Waals surface area contributed by atoms with Gasteiger partial charge in [-0.25, -0.2) is 0 Å². The molecule has 2 heterocycles. The average molecular weight is 254 g/mol. The molecule has 1 fully saturated rings. The lowest BCUT2D eigenvalue weighted by Crippen LogP contribution is -2.44. The highest BCUT2D eigenvalue weighted by molar-refractivity contribution is 4.93. The van der Waals surface area contributed by atoms with Crippen LogP contribution in [0.25, 0.3) is 0 Å². The Morgan fingerprint density at radius 2 is 2.22 bits per heavy atom. The van der Waals surface area contributed by atoms with E-state index in [0.717, 1.165) is 57.3 Å². The van der Waals surface area contributed by atoms with Crippen molar-refractivity contribution in [3.05, 3.63) is 11.7 Å². The molecular formula is C12H22N4O2. The van der Waals surface area contributed by atoms with Crippen LogP contribution in [0.1, 0.15) is 31.1 Å². The molecule has 0 saturated carbocycles. The summed E-state index contributed by atoms with van der Waals surface area (Å²) in [5, 5.41) is 7.36. The van der Waals surface area contributed by atoms with Crippen LogP contribution in [0.4, 0.5) is 0 Å². The zero-order chi connectivity index (χ0) is 12.8. The second-order valence-electron chi connectivity index (χ2n) is 4.61. The summed E-state index contributed by atoms with van der Waals surface area (Å²) in [7, 11) is 1.70. The third-order valence-electron chi connectivity index (χ3n) is 3.29.